The van der Waals surface area contributed by atoms with Crippen LogP contribution in [0.5, 0.6) is 5.75 Å². The number of urea groups is 1. The van der Waals surface area contributed by atoms with Crippen LogP contribution < -0.4 is 11.1 Å². The van der Waals surface area contributed by atoms with E-state index >= 15 is 0 Å². The lowest BCUT2D eigenvalue weighted by molar-refractivity contribution is -0.119. The van der Waals surface area contributed by atoms with Crippen LogP contribution in [0.3, 0.4) is 0 Å². The molecule has 16 heavy (non-hydrogen) atoms. The molecule has 86 valence electrons. The summed E-state index contributed by atoms with van der Waals surface area (Å²) in [7, 11) is 0. The molecule has 0 fully saturated rings. The van der Waals surface area contributed by atoms with Crippen molar-refractivity contribution in [2.45, 2.75) is 11.3 Å². The first-order chi connectivity index (χ1) is 7.59. The molecular weight excluding hydrogens is 228 g/mol. The van der Waals surface area contributed by atoms with Crippen molar-refractivity contribution in [2.24, 2.45) is 5.73 Å². The van der Waals surface area contributed by atoms with E-state index in [9.17, 15) is 14.7 Å². The summed E-state index contributed by atoms with van der Waals surface area (Å²) in [5, 5.41) is 11.4. The van der Waals surface area contributed by atoms with Gasteiger partial charge in [0.2, 0.25) is 5.91 Å². The fraction of sp³-hybridized carbons (Fsp3) is 0.200. The third kappa shape index (κ3) is 4.22. The zero-order valence-electron chi connectivity index (χ0n) is 8.47. The highest BCUT2D eigenvalue weighted by Crippen LogP contribution is 2.27. The average molecular weight is 240 g/mol. The van der Waals surface area contributed by atoms with Crippen LogP contribution in [0.4, 0.5) is 4.79 Å². The van der Waals surface area contributed by atoms with Gasteiger partial charge in [0.05, 0.1) is 0 Å². The van der Waals surface area contributed by atoms with Crippen molar-refractivity contribution < 1.29 is 14.7 Å². The third-order valence-corrected chi connectivity index (χ3v) is 2.78. The molecule has 0 aliphatic heterocycles. The van der Waals surface area contributed by atoms with Gasteiger partial charge in [0, 0.05) is 17.1 Å². The first-order valence-electron chi connectivity index (χ1n) is 4.59. The number of rotatable bonds is 4. The van der Waals surface area contributed by atoms with Gasteiger partial charge in [0.1, 0.15) is 5.75 Å². The second-order valence-electron chi connectivity index (χ2n) is 2.98. The average Bonchev–Trinajstić information content (AvgIpc) is 2.19. The van der Waals surface area contributed by atoms with Crippen LogP contribution in [0.1, 0.15) is 6.42 Å². The fourth-order valence-corrected chi connectivity index (χ4v) is 1.93. The van der Waals surface area contributed by atoms with Crippen LogP contribution in [0.25, 0.3) is 0 Å². The summed E-state index contributed by atoms with van der Waals surface area (Å²) in [5.41, 5.74) is 4.78. The van der Waals surface area contributed by atoms with E-state index in [1.807, 2.05) is 5.32 Å². The molecule has 1 aromatic rings. The summed E-state index contributed by atoms with van der Waals surface area (Å²) < 4.78 is 0. The van der Waals surface area contributed by atoms with Gasteiger partial charge in [0.15, 0.2) is 0 Å². The van der Waals surface area contributed by atoms with E-state index in [0.29, 0.717) is 10.6 Å². The zero-order chi connectivity index (χ0) is 12.0. The molecule has 0 aromatic heterocycles. The van der Waals surface area contributed by atoms with Crippen molar-refractivity contribution in [2.75, 3.05) is 5.75 Å². The number of nitrogens with two attached hydrogens (primary N) is 1. The van der Waals surface area contributed by atoms with Gasteiger partial charge in [0.25, 0.3) is 0 Å². The maximum Gasteiger partial charge on any atom is 0.318 e. The van der Waals surface area contributed by atoms with E-state index in [2.05, 4.69) is 0 Å². The van der Waals surface area contributed by atoms with Crippen molar-refractivity contribution in [3.05, 3.63) is 24.3 Å². The van der Waals surface area contributed by atoms with Crippen molar-refractivity contribution in [3.63, 3.8) is 0 Å². The number of hydrogen-bond donors (Lipinski definition) is 3. The summed E-state index contributed by atoms with van der Waals surface area (Å²) in [6.07, 6.45) is 0.169. The zero-order valence-corrected chi connectivity index (χ0v) is 9.29. The molecule has 6 heteroatoms. The number of phenols is 1. The molecule has 4 N–H and O–H groups in total. The maximum atomic E-state index is 11.0. The fourth-order valence-electron chi connectivity index (χ4n) is 1.03. The summed E-state index contributed by atoms with van der Waals surface area (Å²) in [4.78, 5) is 22.1. The largest absolute Gasteiger partial charge is 0.507 e. The first kappa shape index (κ1) is 12.4. The van der Waals surface area contributed by atoms with Gasteiger partial charge in [-0.15, -0.1) is 11.8 Å². The molecule has 0 saturated carbocycles. The number of benzene rings is 1. The van der Waals surface area contributed by atoms with Crippen molar-refractivity contribution in [1.82, 2.24) is 5.32 Å². The molecule has 0 spiro atoms. The number of primary amides is 1. The van der Waals surface area contributed by atoms with Crippen molar-refractivity contribution in [1.29, 1.82) is 0 Å². The van der Waals surface area contributed by atoms with Crippen molar-refractivity contribution >= 4 is 23.7 Å². The predicted octanol–water partition coefficient (Wildman–Crippen LogP) is 1.07. The number of phenolic OH excluding ortho intramolecular Hbond substituents is 1. The van der Waals surface area contributed by atoms with Gasteiger partial charge in [-0.05, 0) is 12.1 Å². The van der Waals surface area contributed by atoms with Crippen LogP contribution in [0.15, 0.2) is 29.2 Å². The lowest BCUT2D eigenvalue weighted by Crippen LogP contribution is -2.35. The number of carbonyl (C=O) groups excluding carboxylic acids is 2. The third-order valence-electron chi connectivity index (χ3n) is 1.71. The quantitative estimate of drug-likeness (QED) is 0.686. The molecule has 5 nitrogen and oxygen atoms in total. The predicted molar refractivity (Wildman–Crippen MR) is 61.2 cm³/mol. The first-order valence-corrected chi connectivity index (χ1v) is 5.58. The van der Waals surface area contributed by atoms with Crippen LogP contribution in [-0.4, -0.2) is 22.8 Å². The summed E-state index contributed by atoms with van der Waals surface area (Å²) in [6.45, 7) is 0. The molecule has 0 unspecified atom stereocenters. The lowest BCUT2D eigenvalue weighted by atomic mass is 10.3. The number of carbonyl (C=O) groups is 2. The Balaban J connectivity index is 2.33. The Morgan fingerprint density at radius 1 is 1.38 bits per heavy atom. The molecule has 1 rings (SSSR count). The van der Waals surface area contributed by atoms with E-state index in [4.69, 9.17) is 5.73 Å². The number of imide groups is 1. The number of amides is 3. The van der Waals surface area contributed by atoms with Gasteiger partial charge in [-0.25, -0.2) is 4.79 Å². The Labute approximate surface area is 97.0 Å². The Kier molecular flexibility index (Phi) is 4.65. The highest BCUT2D eigenvalue weighted by atomic mass is 32.2. The van der Waals surface area contributed by atoms with Crippen LogP contribution in [-0.2, 0) is 4.79 Å². The topological polar surface area (TPSA) is 92.4 Å². The molecule has 0 radical (unpaired) electrons. The minimum absolute atomic E-state index is 0.169. The molecule has 0 aliphatic rings. The smallest absolute Gasteiger partial charge is 0.318 e. The SMILES string of the molecule is NC(=O)NC(=O)CCSc1ccccc1O. The lowest BCUT2D eigenvalue weighted by Gasteiger charge is -2.03. The van der Waals surface area contributed by atoms with Crippen molar-refractivity contribution in [3.8, 4) is 5.75 Å². The molecule has 0 saturated heterocycles. The Morgan fingerprint density at radius 3 is 2.69 bits per heavy atom. The standard InChI is InChI=1S/C10H12N2O3S/c11-10(15)12-9(14)5-6-16-8-4-2-1-3-7(8)13/h1-4,13H,5-6H2,(H3,11,12,14,15). The molecular formula is C10H12N2O3S. The number of nitrogens with one attached hydrogen (secondary N) is 1. The number of aromatic hydroxyl groups is 1. The summed E-state index contributed by atoms with van der Waals surface area (Å²) in [5.74, 6) is 0.231. The summed E-state index contributed by atoms with van der Waals surface area (Å²) >= 11 is 1.34. The van der Waals surface area contributed by atoms with Gasteiger partial charge >= 0.3 is 6.03 Å². The maximum absolute atomic E-state index is 11.0. The second-order valence-corrected chi connectivity index (χ2v) is 4.12. The van der Waals surface area contributed by atoms with Gasteiger partial charge in [-0.2, -0.15) is 0 Å². The highest BCUT2D eigenvalue weighted by molar-refractivity contribution is 7.99. The summed E-state index contributed by atoms with van der Waals surface area (Å²) in [6, 6.07) is 6.00. The minimum Gasteiger partial charge on any atom is -0.507 e. The van der Waals surface area contributed by atoms with E-state index in [-0.39, 0.29) is 12.2 Å². The van der Waals surface area contributed by atoms with E-state index in [1.54, 1.807) is 24.3 Å². The van der Waals surface area contributed by atoms with E-state index in [1.165, 1.54) is 11.8 Å². The normalized spacial score (nSPS) is 9.75. The van der Waals surface area contributed by atoms with Crippen LogP contribution >= 0.6 is 11.8 Å². The molecule has 0 heterocycles. The molecule has 3 amide bonds. The number of thioether (sulfide) groups is 1. The van der Waals surface area contributed by atoms with Crippen LogP contribution in [0, 0.1) is 0 Å². The number of para-hydroxylation sites is 1. The van der Waals surface area contributed by atoms with Gasteiger partial charge in [-0.3, -0.25) is 10.1 Å². The Hall–Kier alpha value is -1.69. The Morgan fingerprint density at radius 2 is 2.06 bits per heavy atom. The second kappa shape index (κ2) is 6.02. The van der Waals surface area contributed by atoms with E-state index in [0.717, 1.165) is 0 Å². The van der Waals surface area contributed by atoms with Gasteiger partial charge < -0.3 is 10.8 Å². The monoisotopic (exact) mass is 240 g/mol. The molecule has 1 aromatic carbocycles. The van der Waals surface area contributed by atoms with E-state index < -0.39 is 11.9 Å². The number of hydrogen-bond acceptors (Lipinski definition) is 4. The van der Waals surface area contributed by atoms with Gasteiger partial charge in [-0.1, -0.05) is 12.1 Å². The Bertz CT molecular complexity index is 395. The minimum atomic E-state index is -0.849. The molecule has 0 bridgehead atoms. The highest BCUT2D eigenvalue weighted by Gasteiger charge is 2.05. The molecule has 0 aliphatic carbocycles. The molecule has 0 atom stereocenters. The van der Waals surface area contributed by atoms with Crippen LogP contribution in [0.2, 0.25) is 0 Å².